The smallest absolute Gasteiger partial charge is 0.165 e. The highest BCUT2D eigenvalue weighted by atomic mass is 15.3. The van der Waals surface area contributed by atoms with Gasteiger partial charge in [0.25, 0.3) is 0 Å². The van der Waals surface area contributed by atoms with Crippen molar-refractivity contribution in [1.82, 2.24) is 19.7 Å². The summed E-state index contributed by atoms with van der Waals surface area (Å²) in [6.45, 7) is 1.97. The molecule has 0 saturated carbocycles. The number of rotatable bonds is 3. The van der Waals surface area contributed by atoms with Gasteiger partial charge in [-0.15, -0.1) is 0 Å². The first-order valence-corrected chi connectivity index (χ1v) is 6.80. The van der Waals surface area contributed by atoms with Gasteiger partial charge in [0, 0.05) is 31.9 Å². The molecule has 106 valence electrons. The lowest BCUT2D eigenvalue weighted by Gasteiger charge is -2.07. The van der Waals surface area contributed by atoms with Crippen molar-refractivity contribution in [1.29, 1.82) is 0 Å². The molecule has 0 saturated heterocycles. The molecule has 1 N–H and O–H groups in total. The van der Waals surface area contributed by atoms with Crippen LogP contribution in [0.3, 0.4) is 0 Å². The fourth-order valence-corrected chi connectivity index (χ4v) is 2.27. The molecule has 2 aromatic heterocycles. The Balaban J connectivity index is 2.16. The number of nitrogens with zero attached hydrogens (tertiary/aromatic N) is 4. The predicted molar refractivity (Wildman–Crippen MR) is 84.0 cm³/mol. The van der Waals surface area contributed by atoms with Crippen molar-refractivity contribution in [3.63, 3.8) is 0 Å². The van der Waals surface area contributed by atoms with Crippen LogP contribution in [0.2, 0.25) is 0 Å². The summed E-state index contributed by atoms with van der Waals surface area (Å²) >= 11 is 0. The van der Waals surface area contributed by atoms with Crippen molar-refractivity contribution >= 4 is 5.82 Å². The maximum atomic E-state index is 4.69. The van der Waals surface area contributed by atoms with Gasteiger partial charge in [0.2, 0.25) is 0 Å². The van der Waals surface area contributed by atoms with E-state index in [9.17, 15) is 0 Å². The fraction of sp³-hybridized carbons (Fsp3) is 0.188. The molecule has 0 aliphatic carbocycles. The molecule has 0 aliphatic rings. The third-order valence-corrected chi connectivity index (χ3v) is 3.31. The highest BCUT2D eigenvalue weighted by Gasteiger charge is 2.12. The highest BCUT2D eigenvalue weighted by Crippen LogP contribution is 2.25. The maximum Gasteiger partial charge on any atom is 0.165 e. The van der Waals surface area contributed by atoms with E-state index in [1.54, 1.807) is 4.68 Å². The molecule has 2 heterocycles. The lowest BCUT2D eigenvalue weighted by molar-refractivity contribution is 0.756. The summed E-state index contributed by atoms with van der Waals surface area (Å²) in [5, 5.41) is 7.46. The zero-order chi connectivity index (χ0) is 14.8. The molecular weight excluding hydrogens is 262 g/mol. The minimum Gasteiger partial charge on any atom is -0.373 e. The zero-order valence-electron chi connectivity index (χ0n) is 12.3. The lowest BCUT2D eigenvalue weighted by Crippen LogP contribution is -1.99. The zero-order valence-corrected chi connectivity index (χ0v) is 12.3. The van der Waals surface area contributed by atoms with E-state index in [1.807, 2.05) is 63.6 Å². The lowest BCUT2D eigenvalue weighted by atomic mass is 10.1. The summed E-state index contributed by atoms with van der Waals surface area (Å²) in [4.78, 5) is 9.24. The van der Waals surface area contributed by atoms with Crippen molar-refractivity contribution in [2.45, 2.75) is 6.92 Å². The normalized spacial score (nSPS) is 10.6. The van der Waals surface area contributed by atoms with E-state index >= 15 is 0 Å². The molecule has 0 unspecified atom stereocenters. The van der Waals surface area contributed by atoms with Gasteiger partial charge in [-0.1, -0.05) is 30.3 Å². The molecule has 0 radical (unpaired) electrons. The van der Waals surface area contributed by atoms with Crippen LogP contribution in [0.15, 0.2) is 42.6 Å². The molecule has 3 aromatic rings. The van der Waals surface area contributed by atoms with E-state index < -0.39 is 0 Å². The van der Waals surface area contributed by atoms with E-state index in [4.69, 9.17) is 4.98 Å². The van der Waals surface area contributed by atoms with Crippen molar-refractivity contribution in [3.8, 4) is 22.6 Å². The standard InChI is InChI=1S/C16H17N5/c1-11-13(10-21(3)20-11)16-18-14(9-15(17-2)19-16)12-7-5-4-6-8-12/h4-10H,1-3H3,(H,17,18,19). The monoisotopic (exact) mass is 279 g/mol. The van der Waals surface area contributed by atoms with Crippen molar-refractivity contribution in [3.05, 3.63) is 48.3 Å². The van der Waals surface area contributed by atoms with Crippen LogP contribution >= 0.6 is 0 Å². The Morgan fingerprint density at radius 1 is 1.10 bits per heavy atom. The Labute approximate surface area is 123 Å². The molecular formula is C16H17N5. The molecule has 0 spiro atoms. The second-order valence-electron chi connectivity index (χ2n) is 4.88. The van der Waals surface area contributed by atoms with Crippen LogP contribution in [0.1, 0.15) is 5.69 Å². The summed E-state index contributed by atoms with van der Waals surface area (Å²) in [5.74, 6) is 1.48. The number of nitrogens with one attached hydrogen (secondary N) is 1. The molecule has 0 atom stereocenters. The van der Waals surface area contributed by atoms with Gasteiger partial charge in [0.1, 0.15) is 5.82 Å². The Hall–Kier alpha value is -2.69. The van der Waals surface area contributed by atoms with Crippen LogP contribution < -0.4 is 5.32 Å². The first-order valence-electron chi connectivity index (χ1n) is 6.80. The number of hydrogen-bond acceptors (Lipinski definition) is 4. The van der Waals surface area contributed by atoms with E-state index in [0.717, 1.165) is 28.3 Å². The van der Waals surface area contributed by atoms with E-state index in [2.05, 4.69) is 15.4 Å². The van der Waals surface area contributed by atoms with Gasteiger partial charge in [-0.3, -0.25) is 4.68 Å². The summed E-state index contributed by atoms with van der Waals surface area (Å²) in [6.07, 6.45) is 1.94. The van der Waals surface area contributed by atoms with Gasteiger partial charge in [-0.2, -0.15) is 5.10 Å². The van der Waals surface area contributed by atoms with Gasteiger partial charge < -0.3 is 5.32 Å². The number of aromatic nitrogens is 4. The first kappa shape index (κ1) is 13.3. The number of benzene rings is 1. The van der Waals surface area contributed by atoms with Gasteiger partial charge >= 0.3 is 0 Å². The van der Waals surface area contributed by atoms with Gasteiger partial charge in [0.15, 0.2) is 5.82 Å². The van der Waals surface area contributed by atoms with Gasteiger partial charge in [-0.05, 0) is 6.92 Å². The molecule has 5 nitrogen and oxygen atoms in total. The van der Waals surface area contributed by atoms with Gasteiger partial charge in [0.05, 0.1) is 17.0 Å². The number of hydrogen-bond donors (Lipinski definition) is 1. The van der Waals surface area contributed by atoms with Crippen LogP contribution in [0.25, 0.3) is 22.6 Å². The Morgan fingerprint density at radius 3 is 2.48 bits per heavy atom. The average Bonchev–Trinajstić information content (AvgIpc) is 2.86. The quantitative estimate of drug-likeness (QED) is 0.801. The average molecular weight is 279 g/mol. The summed E-state index contributed by atoms with van der Waals surface area (Å²) in [6, 6.07) is 12.0. The Bertz CT molecular complexity index is 762. The van der Waals surface area contributed by atoms with Crippen LogP contribution in [0, 0.1) is 6.92 Å². The summed E-state index contributed by atoms with van der Waals surface area (Å²) < 4.78 is 1.78. The molecule has 0 aliphatic heterocycles. The van der Waals surface area contributed by atoms with Crippen molar-refractivity contribution in [2.75, 3.05) is 12.4 Å². The topological polar surface area (TPSA) is 55.6 Å². The molecule has 3 rings (SSSR count). The molecule has 5 heteroatoms. The number of anilines is 1. The Kier molecular flexibility index (Phi) is 3.39. The van der Waals surface area contributed by atoms with E-state index in [-0.39, 0.29) is 0 Å². The SMILES string of the molecule is CNc1cc(-c2ccccc2)nc(-c2cn(C)nc2C)n1. The Morgan fingerprint density at radius 2 is 1.86 bits per heavy atom. The van der Waals surface area contributed by atoms with Crippen LogP contribution in [-0.4, -0.2) is 26.8 Å². The summed E-state index contributed by atoms with van der Waals surface area (Å²) in [5.41, 5.74) is 3.84. The minimum atomic E-state index is 0.686. The molecule has 0 bridgehead atoms. The van der Waals surface area contributed by atoms with E-state index in [1.165, 1.54) is 0 Å². The second kappa shape index (κ2) is 5.36. The van der Waals surface area contributed by atoms with Crippen molar-refractivity contribution in [2.24, 2.45) is 7.05 Å². The predicted octanol–water partition coefficient (Wildman–Crippen LogP) is 2.89. The minimum absolute atomic E-state index is 0.686. The fourth-order valence-electron chi connectivity index (χ4n) is 2.27. The van der Waals surface area contributed by atoms with Crippen LogP contribution in [0.4, 0.5) is 5.82 Å². The van der Waals surface area contributed by atoms with Crippen LogP contribution in [-0.2, 0) is 7.05 Å². The molecule has 0 fully saturated rings. The third-order valence-electron chi connectivity index (χ3n) is 3.31. The third kappa shape index (κ3) is 2.63. The van der Waals surface area contributed by atoms with Crippen molar-refractivity contribution < 1.29 is 0 Å². The van der Waals surface area contributed by atoms with E-state index in [0.29, 0.717) is 5.82 Å². The molecule has 21 heavy (non-hydrogen) atoms. The summed E-state index contributed by atoms with van der Waals surface area (Å²) in [7, 11) is 3.76. The number of aryl methyl sites for hydroxylation is 2. The molecule has 1 aromatic carbocycles. The molecule has 0 amide bonds. The second-order valence-corrected chi connectivity index (χ2v) is 4.88. The van der Waals surface area contributed by atoms with Gasteiger partial charge in [-0.25, -0.2) is 9.97 Å². The first-order chi connectivity index (χ1) is 10.2. The maximum absolute atomic E-state index is 4.69. The largest absolute Gasteiger partial charge is 0.373 e. The highest BCUT2D eigenvalue weighted by molar-refractivity contribution is 5.67. The van der Waals surface area contributed by atoms with Crippen LogP contribution in [0.5, 0.6) is 0 Å².